The van der Waals surface area contributed by atoms with Crippen molar-refractivity contribution in [2.45, 2.75) is 18.9 Å². The van der Waals surface area contributed by atoms with Gasteiger partial charge >= 0.3 is 0 Å². The summed E-state index contributed by atoms with van der Waals surface area (Å²) in [4.78, 5) is 12.0. The zero-order chi connectivity index (χ0) is 16.8. The van der Waals surface area contributed by atoms with Crippen molar-refractivity contribution in [1.29, 1.82) is 0 Å². The number of benzene rings is 2. The molecule has 0 radical (unpaired) electrons. The number of hydrogen-bond acceptors (Lipinski definition) is 3. The van der Waals surface area contributed by atoms with E-state index in [2.05, 4.69) is 22.8 Å². The van der Waals surface area contributed by atoms with Gasteiger partial charge in [-0.3, -0.25) is 10.1 Å². The van der Waals surface area contributed by atoms with Crippen LogP contribution in [0.1, 0.15) is 18.4 Å². The molecule has 124 valence electrons. The third-order valence-electron chi connectivity index (χ3n) is 3.99. The maximum absolute atomic E-state index is 12.0. The summed E-state index contributed by atoms with van der Waals surface area (Å²) in [5, 5.41) is 8.28. The smallest absolute Gasteiger partial charge is 0.250 e. The Hall–Kier alpha value is -2.24. The molecule has 2 N–H and O–H groups in total. The number of fused-ring (bicyclic) bond motifs is 1. The highest BCUT2D eigenvalue weighted by atomic mass is 32.1. The summed E-state index contributed by atoms with van der Waals surface area (Å²) in [6.07, 6.45) is 5.61. The molecule has 0 aliphatic carbocycles. The topological polar surface area (TPSA) is 50.4 Å². The van der Waals surface area contributed by atoms with Crippen molar-refractivity contribution in [3.05, 3.63) is 54.1 Å². The van der Waals surface area contributed by atoms with Crippen LogP contribution in [0.25, 0.3) is 16.8 Å². The van der Waals surface area contributed by atoms with Crippen LogP contribution in [0.15, 0.2) is 48.5 Å². The van der Waals surface area contributed by atoms with Gasteiger partial charge in [-0.25, -0.2) is 0 Å². The molecule has 4 nitrogen and oxygen atoms in total. The second-order valence-electron chi connectivity index (χ2n) is 5.74. The van der Waals surface area contributed by atoms with Gasteiger partial charge in [0.05, 0.1) is 6.10 Å². The lowest BCUT2D eigenvalue weighted by atomic mass is 10.0. The summed E-state index contributed by atoms with van der Waals surface area (Å²) >= 11 is 5.14. The van der Waals surface area contributed by atoms with Gasteiger partial charge < -0.3 is 10.1 Å². The van der Waals surface area contributed by atoms with Crippen molar-refractivity contribution < 1.29 is 9.53 Å². The fourth-order valence-electron chi connectivity index (χ4n) is 2.77. The summed E-state index contributed by atoms with van der Waals surface area (Å²) in [5.41, 5.74) is 1.00. The standard InChI is InChI=1S/C19H20N2O2S/c22-18(21-19(24)20-13-16-8-4-12-23-16)11-10-15-7-3-6-14-5-1-2-9-17(14)15/h1-3,5-7,9-11,16H,4,8,12-13H2,(H2,20,21,22,24). The Morgan fingerprint density at radius 2 is 2.08 bits per heavy atom. The molecule has 3 rings (SSSR count). The fraction of sp³-hybridized carbons (Fsp3) is 0.263. The van der Waals surface area contributed by atoms with Crippen LogP contribution in [-0.2, 0) is 9.53 Å². The van der Waals surface area contributed by atoms with E-state index in [1.54, 1.807) is 6.08 Å². The van der Waals surface area contributed by atoms with Crippen LogP contribution in [0.2, 0.25) is 0 Å². The molecule has 1 amide bonds. The maximum atomic E-state index is 12.0. The molecule has 5 heteroatoms. The van der Waals surface area contributed by atoms with Crippen molar-refractivity contribution in [3.63, 3.8) is 0 Å². The SMILES string of the molecule is O=C(C=Cc1cccc2ccccc12)NC(=S)NCC1CCCO1. The van der Waals surface area contributed by atoms with E-state index in [1.807, 2.05) is 30.3 Å². The van der Waals surface area contributed by atoms with Crippen molar-refractivity contribution in [3.8, 4) is 0 Å². The molecule has 24 heavy (non-hydrogen) atoms. The van der Waals surface area contributed by atoms with E-state index >= 15 is 0 Å². The Morgan fingerprint density at radius 1 is 1.25 bits per heavy atom. The normalized spacial score (nSPS) is 17.2. The quantitative estimate of drug-likeness (QED) is 0.663. The summed E-state index contributed by atoms with van der Waals surface area (Å²) in [6, 6.07) is 14.1. The van der Waals surface area contributed by atoms with Crippen LogP contribution in [0.5, 0.6) is 0 Å². The molecule has 1 heterocycles. The van der Waals surface area contributed by atoms with E-state index in [9.17, 15) is 4.79 Å². The molecule has 0 bridgehead atoms. The van der Waals surface area contributed by atoms with Gasteiger partial charge in [0, 0.05) is 19.2 Å². The lowest BCUT2D eigenvalue weighted by molar-refractivity contribution is -0.115. The largest absolute Gasteiger partial charge is 0.376 e. The minimum Gasteiger partial charge on any atom is -0.376 e. The Bertz CT molecular complexity index is 762. The zero-order valence-corrected chi connectivity index (χ0v) is 14.1. The first-order valence-corrected chi connectivity index (χ1v) is 8.49. The highest BCUT2D eigenvalue weighted by molar-refractivity contribution is 7.80. The Balaban J connectivity index is 1.55. The molecule has 2 aromatic rings. The number of carbonyl (C=O) groups is 1. The number of nitrogens with one attached hydrogen (secondary N) is 2. The van der Waals surface area contributed by atoms with Gasteiger partial charge in [0.15, 0.2) is 5.11 Å². The maximum Gasteiger partial charge on any atom is 0.250 e. The second kappa shape index (κ2) is 8.04. The number of thiocarbonyl (C=S) groups is 1. The van der Waals surface area contributed by atoms with E-state index in [4.69, 9.17) is 17.0 Å². The second-order valence-corrected chi connectivity index (χ2v) is 6.14. The molecular weight excluding hydrogens is 320 g/mol. The van der Waals surface area contributed by atoms with Gasteiger partial charge in [-0.2, -0.15) is 0 Å². The van der Waals surface area contributed by atoms with Crippen LogP contribution in [0.4, 0.5) is 0 Å². The first-order chi connectivity index (χ1) is 11.7. The molecule has 1 aliphatic heterocycles. The summed E-state index contributed by atoms with van der Waals surface area (Å²) in [7, 11) is 0. The predicted molar refractivity (Wildman–Crippen MR) is 101 cm³/mol. The number of amides is 1. The predicted octanol–water partition coefficient (Wildman–Crippen LogP) is 3.02. The number of rotatable bonds is 4. The van der Waals surface area contributed by atoms with Crippen molar-refractivity contribution in [2.24, 2.45) is 0 Å². The highest BCUT2D eigenvalue weighted by Gasteiger charge is 2.15. The number of carbonyl (C=O) groups excluding carboxylic acids is 1. The minimum atomic E-state index is -0.243. The number of ether oxygens (including phenoxy) is 1. The van der Waals surface area contributed by atoms with Crippen molar-refractivity contribution in [1.82, 2.24) is 10.6 Å². The zero-order valence-electron chi connectivity index (χ0n) is 13.3. The molecule has 0 spiro atoms. The lowest BCUT2D eigenvalue weighted by Gasteiger charge is -2.12. The van der Waals surface area contributed by atoms with Gasteiger partial charge in [0.2, 0.25) is 5.91 Å². The third-order valence-corrected chi connectivity index (χ3v) is 4.24. The molecule has 1 unspecified atom stereocenters. The van der Waals surface area contributed by atoms with Gasteiger partial charge in [0.25, 0.3) is 0 Å². The summed E-state index contributed by atoms with van der Waals surface area (Å²) in [5.74, 6) is -0.243. The first kappa shape index (κ1) is 16.6. The Labute approximate surface area is 146 Å². The van der Waals surface area contributed by atoms with Crippen molar-refractivity contribution in [2.75, 3.05) is 13.2 Å². The first-order valence-electron chi connectivity index (χ1n) is 8.08. The average molecular weight is 340 g/mol. The van der Waals surface area contributed by atoms with Crippen LogP contribution >= 0.6 is 12.2 Å². The number of hydrogen-bond donors (Lipinski definition) is 2. The lowest BCUT2D eigenvalue weighted by Crippen LogP contribution is -2.41. The van der Waals surface area contributed by atoms with Crippen LogP contribution < -0.4 is 10.6 Å². The molecule has 1 aliphatic rings. The van der Waals surface area contributed by atoms with Crippen LogP contribution in [0.3, 0.4) is 0 Å². The van der Waals surface area contributed by atoms with Crippen molar-refractivity contribution >= 4 is 40.1 Å². The molecule has 2 aromatic carbocycles. The van der Waals surface area contributed by atoms with Crippen LogP contribution in [-0.4, -0.2) is 30.3 Å². The molecule has 1 atom stereocenters. The van der Waals surface area contributed by atoms with Gasteiger partial charge in [-0.15, -0.1) is 0 Å². The Morgan fingerprint density at radius 3 is 2.92 bits per heavy atom. The van der Waals surface area contributed by atoms with E-state index in [0.29, 0.717) is 11.7 Å². The summed E-state index contributed by atoms with van der Waals surface area (Å²) in [6.45, 7) is 1.44. The molecule has 0 aromatic heterocycles. The third kappa shape index (κ3) is 4.40. The molecule has 0 saturated carbocycles. The van der Waals surface area contributed by atoms with E-state index in [0.717, 1.165) is 35.8 Å². The molecular formula is C19H20N2O2S. The Kier molecular flexibility index (Phi) is 5.56. The summed E-state index contributed by atoms with van der Waals surface area (Å²) < 4.78 is 5.51. The van der Waals surface area contributed by atoms with Gasteiger partial charge in [0.1, 0.15) is 0 Å². The fourth-order valence-corrected chi connectivity index (χ4v) is 2.95. The van der Waals surface area contributed by atoms with E-state index in [-0.39, 0.29) is 12.0 Å². The van der Waals surface area contributed by atoms with E-state index in [1.165, 1.54) is 6.08 Å². The monoisotopic (exact) mass is 340 g/mol. The molecule has 1 saturated heterocycles. The van der Waals surface area contributed by atoms with Gasteiger partial charge in [-0.05, 0) is 47.5 Å². The minimum absolute atomic E-state index is 0.186. The highest BCUT2D eigenvalue weighted by Crippen LogP contribution is 2.19. The van der Waals surface area contributed by atoms with Crippen LogP contribution in [0, 0.1) is 0 Å². The van der Waals surface area contributed by atoms with E-state index < -0.39 is 0 Å². The average Bonchev–Trinajstić information content (AvgIpc) is 3.11. The van der Waals surface area contributed by atoms with Gasteiger partial charge in [-0.1, -0.05) is 42.5 Å². The molecule has 1 fully saturated rings.